The maximum Gasteiger partial charge on any atom is 0.227 e. The molecule has 6 heteroatoms. The highest BCUT2D eigenvalue weighted by atomic mass is 19.1. The van der Waals surface area contributed by atoms with Crippen molar-refractivity contribution in [2.45, 2.75) is 13.3 Å². The fraction of sp³-hybridized carbons (Fsp3) is 0.381. The predicted octanol–water partition coefficient (Wildman–Crippen LogP) is 3.12. The van der Waals surface area contributed by atoms with Crippen LogP contribution < -0.4 is 14.4 Å². The Bertz CT molecular complexity index is 789. The zero-order valence-electron chi connectivity index (χ0n) is 15.8. The third kappa shape index (κ3) is 4.51. The lowest BCUT2D eigenvalue weighted by Gasteiger charge is -2.36. The molecule has 0 unspecified atom stereocenters. The first-order chi connectivity index (χ1) is 13.1. The van der Waals surface area contributed by atoms with Crippen LogP contribution in [-0.2, 0) is 11.2 Å². The number of benzene rings is 2. The van der Waals surface area contributed by atoms with Gasteiger partial charge in [-0.25, -0.2) is 4.39 Å². The maximum atomic E-state index is 13.8. The van der Waals surface area contributed by atoms with Crippen molar-refractivity contribution >= 4 is 11.6 Å². The second kappa shape index (κ2) is 8.75. The molecule has 0 atom stereocenters. The molecule has 0 spiro atoms. The monoisotopic (exact) mass is 372 g/mol. The Labute approximate surface area is 159 Å². The minimum absolute atomic E-state index is 0.0114. The van der Waals surface area contributed by atoms with E-state index in [-0.39, 0.29) is 18.1 Å². The summed E-state index contributed by atoms with van der Waals surface area (Å²) in [6, 6.07) is 12.6. The predicted molar refractivity (Wildman–Crippen MR) is 103 cm³/mol. The second-order valence-electron chi connectivity index (χ2n) is 6.41. The minimum atomic E-state index is -0.444. The van der Waals surface area contributed by atoms with E-state index in [2.05, 4.69) is 4.90 Å². The van der Waals surface area contributed by atoms with Crippen molar-refractivity contribution in [1.82, 2.24) is 4.90 Å². The number of ether oxygens (including phenoxy) is 2. The number of carbonyl (C=O) groups excluding carboxylic acids is 1. The van der Waals surface area contributed by atoms with Crippen molar-refractivity contribution in [3.05, 3.63) is 53.8 Å². The largest absolute Gasteiger partial charge is 0.494 e. The van der Waals surface area contributed by atoms with E-state index in [9.17, 15) is 9.18 Å². The van der Waals surface area contributed by atoms with Crippen LogP contribution in [0.2, 0.25) is 0 Å². The van der Waals surface area contributed by atoms with E-state index >= 15 is 0 Å². The Morgan fingerprint density at radius 2 is 1.81 bits per heavy atom. The van der Waals surface area contributed by atoms with Crippen LogP contribution in [0.1, 0.15) is 12.5 Å². The molecular formula is C21H25FN2O3. The van der Waals surface area contributed by atoms with Crippen molar-refractivity contribution in [2.24, 2.45) is 0 Å². The quantitative estimate of drug-likeness (QED) is 0.781. The molecule has 1 fully saturated rings. The minimum Gasteiger partial charge on any atom is -0.494 e. The number of rotatable bonds is 6. The van der Waals surface area contributed by atoms with Crippen LogP contribution in [0.25, 0.3) is 0 Å². The van der Waals surface area contributed by atoms with Crippen molar-refractivity contribution in [3.8, 4) is 11.5 Å². The summed E-state index contributed by atoms with van der Waals surface area (Å²) < 4.78 is 24.4. The summed E-state index contributed by atoms with van der Waals surface area (Å²) in [5.41, 5.74) is 1.71. The number of hydrogen-bond acceptors (Lipinski definition) is 4. The normalized spacial score (nSPS) is 14.2. The fourth-order valence-electron chi connectivity index (χ4n) is 3.30. The number of halogens is 1. The van der Waals surface area contributed by atoms with Gasteiger partial charge in [0.15, 0.2) is 11.6 Å². The van der Waals surface area contributed by atoms with Gasteiger partial charge in [-0.15, -0.1) is 0 Å². The van der Waals surface area contributed by atoms with E-state index in [4.69, 9.17) is 9.47 Å². The lowest BCUT2D eigenvalue weighted by molar-refractivity contribution is -0.130. The molecule has 144 valence electrons. The molecule has 1 aliphatic heterocycles. The topological polar surface area (TPSA) is 42.0 Å². The Balaban J connectivity index is 1.59. The number of para-hydroxylation sites is 2. The van der Waals surface area contributed by atoms with Crippen molar-refractivity contribution in [1.29, 1.82) is 0 Å². The molecule has 27 heavy (non-hydrogen) atoms. The Morgan fingerprint density at radius 3 is 2.48 bits per heavy atom. The van der Waals surface area contributed by atoms with Gasteiger partial charge in [0.25, 0.3) is 0 Å². The second-order valence-corrected chi connectivity index (χ2v) is 6.41. The third-order valence-electron chi connectivity index (χ3n) is 4.71. The molecule has 2 aromatic rings. The smallest absolute Gasteiger partial charge is 0.227 e. The van der Waals surface area contributed by atoms with Crippen LogP contribution in [0.3, 0.4) is 0 Å². The maximum absolute atomic E-state index is 13.8. The van der Waals surface area contributed by atoms with Crippen LogP contribution in [0, 0.1) is 5.82 Å². The molecule has 3 rings (SSSR count). The third-order valence-corrected chi connectivity index (χ3v) is 4.71. The van der Waals surface area contributed by atoms with Gasteiger partial charge in [-0.3, -0.25) is 4.79 Å². The van der Waals surface area contributed by atoms with Gasteiger partial charge in [0, 0.05) is 26.2 Å². The molecule has 0 saturated carbocycles. The number of hydrogen-bond donors (Lipinski definition) is 0. The van der Waals surface area contributed by atoms with Gasteiger partial charge in [-0.05, 0) is 36.8 Å². The lowest BCUT2D eigenvalue weighted by atomic mass is 10.1. The summed E-state index contributed by atoms with van der Waals surface area (Å²) in [5, 5.41) is 0. The summed E-state index contributed by atoms with van der Waals surface area (Å²) >= 11 is 0. The zero-order chi connectivity index (χ0) is 19.2. The van der Waals surface area contributed by atoms with Crippen LogP contribution in [-0.4, -0.2) is 50.7 Å². The van der Waals surface area contributed by atoms with Gasteiger partial charge in [0.1, 0.15) is 5.75 Å². The highest BCUT2D eigenvalue weighted by Gasteiger charge is 2.23. The molecule has 1 heterocycles. The summed E-state index contributed by atoms with van der Waals surface area (Å²) in [5.74, 6) is 0.624. The van der Waals surface area contributed by atoms with E-state index in [0.29, 0.717) is 25.3 Å². The Morgan fingerprint density at radius 1 is 1.07 bits per heavy atom. The molecule has 1 amide bonds. The Hall–Kier alpha value is -2.76. The molecule has 5 nitrogen and oxygen atoms in total. The molecule has 2 aromatic carbocycles. The molecule has 0 radical (unpaired) electrons. The van der Waals surface area contributed by atoms with E-state index in [1.54, 1.807) is 12.1 Å². The summed E-state index contributed by atoms with van der Waals surface area (Å²) in [6.45, 7) is 5.35. The number of amides is 1. The van der Waals surface area contributed by atoms with Gasteiger partial charge in [-0.1, -0.05) is 18.2 Å². The first-order valence-corrected chi connectivity index (χ1v) is 9.19. The van der Waals surface area contributed by atoms with Crippen LogP contribution in [0.5, 0.6) is 11.5 Å². The SMILES string of the molecule is CCOc1ccccc1N1CCN(C(=O)Cc2ccc(OC)c(F)c2)CC1. The molecular weight excluding hydrogens is 347 g/mol. The average Bonchev–Trinajstić information content (AvgIpc) is 2.69. The summed E-state index contributed by atoms with van der Waals surface area (Å²) in [6.07, 6.45) is 0.191. The fourth-order valence-corrected chi connectivity index (χ4v) is 3.30. The average molecular weight is 372 g/mol. The van der Waals surface area contributed by atoms with Gasteiger partial charge in [0.05, 0.1) is 25.8 Å². The molecule has 0 aliphatic carbocycles. The number of methoxy groups -OCH3 is 1. The highest BCUT2D eigenvalue weighted by molar-refractivity contribution is 5.79. The zero-order valence-corrected chi connectivity index (χ0v) is 15.8. The molecule has 1 aliphatic rings. The van der Waals surface area contributed by atoms with Crippen LogP contribution in [0.4, 0.5) is 10.1 Å². The summed E-state index contributed by atoms with van der Waals surface area (Å²) in [7, 11) is 1.42. The number of anilines is 1. The van der Waals surface area contributed by atoms with Gasteiger partial charge in [0.2, 0.25) is 5.91 Å². The van der Waals surface area contributed by atoms with E-state index < -0.39 is 5.82 Å². The summed E-state index contributed by atoms with van der Waals surface area (Å²) in [4.78, 5) is 16.6. The van der Waals surface area contributed by atoms with Crippen LogP contribution in [0.15, 0.2) is 42.5 Å². The molecule has 1 saturated heterocycles. The number of piperazine rings is 1. The van der Waals surface area contributed by atoms with Gasteiger partial charge < -0.3 is 19.3 Å². The van der Waals surface area contributed by atoms with Crippen molar-refractivity contribution in [3.63, 3.8) is 0 Å². The molecule has 0 N–H and O–H groups in total. The highest BCUT2D eigenvalue weighted by Crippen LogP contribution is 2.29. The van der Waals surface area contributed by atoms with E-state index in [0.717, 1.165) is 24.5 Å². The van der Waals surface area contributed by atoms with E-state index in [1.165, 1.54) is 13.2 Å². The van der Waals surface area contributed by atoms with Crippen LogP contribution >= 0.6 is 0 Å². The number of nitrogens with zero attached hydrogens (tertiary/aromatic N) is 2. The molecule has 0 aromatic heterocycles. The lowest BCUT2D eigenvalue weighted by Crippen LogP contribution is -2.49. The van der Waals surface area contributed by atoms with Crippen molar-refractivity contribution in [2.75, 3.05) is 44.8 Å². The number of carbonyl (C=O) groups is 1. The molecule has 0 bridgehead atoms. The van der Waals surface area contributed by atoms with E-state index in [1.807, 2.05) is 36.1 Å². The first-order valence-electron chi connectivity index (χ1n) is 9.19. The van der Waals surface area contributed by atoms with Gasteiger partial charge >= 0.3 is 0 Å². The van der Waals surface area contributed by atoms with Gasteiger partial charge in [-0.2, -0.15) is 0 Å². The Kier molecular flexibility index (Phi) is 6.16. The van der Waals surface area contributed by atoms with Crippen molar-refractivity contribution < 1.29 is 18.7 Å². The first kappa shape index (κ1) is 19.0. The standard InChI is InChI=1S/C21H25FN2O3/c1-3-27-20-7-5-4-6-18(20)23-10-12-24(13-11-23)21(25)15-16-8-9-19(26-2)17(22)14-16/h4-9,14H,3,10-13,15H2,1-2H3.